The zero-order valence-corrected chi connectivity index (χ0v) is 23.3. The van der Waals surface area contributed by atoms with Gasteiger partial charge in [0, 0.05) is 19.6 Å². The minimum Gasteiger partial charge on any atom is -0.492 e. The van der Waals surface area contributed by atoms with Crippen molar-refractivity contribution >= 4 is 17.3 Å². The second-order valence-electron chi connectivity index (χ2n) is 9.72. The van der Waals surface area contributed by atoms with Crippen LogP contribution in [0.25, 0.3) is 0 Å². The number of hydrogen-bond donors (Lipinski definition) is 4. The van der Waals surface area contributed by atoms with Crippen LogP contribution in [0, 0.1) is 0 Å². The molecule has 3 unspecified atom stereocenters. The number of aliphatic hydroxyl groups excluding tert-OH is 1. The van der Waals surface area contributed by atoms with E-state index in [1.54, 1.807) is 0 Å². The van der Waals surface area contributed by atoms with Crippen molar-refractivity contribution in [3.63, 3.8) is 0 Å². The lowest BCUT2D eigenvalue weighted by Crippen LogP contribution is -2.38. The minimum absolute atomic E-state index is 0.385. The van der Waals surface area contributed by atoms with Crippen LogP contribution in [-0.4, -0.2) is 60.9 Å². The van der Waals surface area contributed by atoms with Crippen molar-refractivity contribution in [2.75, 3.05) is 31.2 Å². The first kappa shape index (κ1) is 30.3. The lowest BCUT2D eigenvalue weighted by molar-refractivity contribution is -0.207. The molecule has 0 bridgehead atoms. The molecule has 0 fully saturated rings. The number of ether oxygens (including phenoxy) is 3. The Morgan fingerprint density at radius 1 is 1.00 bits per heavy atom. The fraction of sp³-hybridized carbons (Fsp3) is 0.387. The Morgan fingerprint density at radius 3 is 2.29 bits per heavy atom. The van der Waals surface area contributed by atoms with Crippen LogP contribution in [0.5, 0.6) is 17.2 Å². The number of rotatable bonds is 17. The summed E-state index contributed by atoms with van der Waals surface area (Å²) in [4.78, 5) is 18.3. The number of carbonyl (C=O) groups is 1. The van der Waals surface area contributed by atoms with Crippen LogP contribution in [0.1, 0.15) is 31.7 Å². The Bertz CT molecular complexity index is 1190. The van der Waals surface area contributed by atoms with Crippen LogP contribution in [0.15, 0.2) is 72.8 Å². The van der Waals surface area contributed by atoms with Gasteiger partial charge in [-0.25, -0.2) is 0 Å². The first-order valence-electron chi connectivity index (χ1n) is 14.0. The number of nitrogens with one attached hydrogen (secondary N) is 1. The first-order valence-corrected chi connectivity index (χ1v) is 14.0. The van der Waals surface area contributed by atoms with E-state index in [1.807, 2.05) is 79.7 Å². The molecule has 3 atom stereocenters. The van der Waals surface area contributed by atoms with E-state index in [4.69, 9.17) is 29.9 Å². The second-order valence-corrected chi connectivity index (χ2v) is 9.72. The smallest absolute Gasteiger partial charge is 0.320 e. The summed E-state index contributed by atoms with van der Waals surface area (Å²) in [5.41, 5.74) is 11.2. The summed E-state index contributed by atoms with van der Waals surface area (Å²) in [5.74, 6) is 1.38. The monoisotopic (exact) mass is 565 g/mol. The maximum absolute atomic E-state index is 10.8. The van der Waals surface area contributed by atoms with Gasteiger partial charge in [0.05, 0.1) is 17.9 Å². The zero-order valence-electron chi connectivity index (χ0n) is 23.3. The molecule has 10 heteroatoms. The molecule has 0 spiro atoms. The number of carboxylic acids is 1. The van der Waals surface area contributed by atoms with Gasteiger partial charge in [-0.3, -0.25) is 9.63 Å². The SMILES string of the molecule is CCOC(Cc1ccc(OCCN2c3ccccc3Oc3ccccc32)cc1)C(O)ONCCCCC(N)C(=O)O. The number of anilines is 2. The highest BCUT2D eigenvalue weighted by Crippen LogP contribution is 2.45. The average Bonchev–Trinajstić information content (AvgIpc) is 2.98. The molecule has 5 N–H and O–H groups in total. The second kappa shape index (κ2) is 15.4. The van der Waals surface area contributed by atoms with Crippen LogP contribution in [0.4, 0.5) is 11.4 Å². The number of carboxylic acid groups (broad SMARTS) is 1. The van der Waals surface area contributed by atoms with Crippen molar-refractivity contribution in [2.45, 2.75) is 51.0 Å². The molecular weight excluding hydrogens is 526 g/mol. The Kier molecular flexibility index (Phi) is 11.4. The first-order chi connectivity index (χ1) is 20.0. The summed E-state index contributed by atoms with van der Waals surface area (Å²) >= 11 is 0. The standard InChI is InChI=1S/C31H39N3O7/c1-2-38-29(31(37)41-33-18-8-7-9-24(32)30(35)36)21-22-14-16-23(17-15-22)39-20-19-34-25-10-3-5-12-27(25)40-28-13-6-4-11-26(28)34/h3-6,10-17,24,29,31,33,37H,2,7-9,18-21,32H2,1H3,(H,35,36). The van der Waals surface area contributed by atoms with Crippen molar-refractivity contribution in [1.29, 1.82) is 0 Å². The maximum Gasteiger partial charge on any atom is 0.320 e. The molecule has 0 radical (unpaired) electrons. The number of para-hydroxylation sites is 4. The van der Waals surface area contributed by atoms with E-state index in [2.05, 4.69) is 10.4 Å². The van der Waals surface area contributed by atoms with E-state index in [9.17, 15) is 9.90 Å². The van der Waals surface area contributed by atoms with Crippen LogP contribution in [0.2, 0.25) is 0 Å². The molecule has 0 amide bonds. The molecule has 0 saturated carbocycles. The van der Waals surface area contributed by atoms with E-state index < -0.39 is 24.4 Å². The predicted octanol–water partition coefficient (Wildman–Crippen LogP) is 4.38. The molecule has 220 valence electrons. The minimum atomic E-state index is -1.17. The van der Waals surface area contributed by atoms with Crippen LogP contribution in [0.3, 0.4) is 0 Å². The van der Waals surface area contributed by atoms with Gasteiger partial charge in [-0.2, -0.15) is 5.48 Å². The van der Waals surface area contributed by atoms with Gasteiger partial charge in [0.2, 0.25) is 6.29 Å². The Hall–Kier alpha value is -3.67. The summed E-state index contributed by atoms with van der Waals surface area (Å²) in [5, 5.41) is 19.3. The number of hydrogen-bond acceptors (Lipinski definition) is 9. The maximum atomic E-state index is 10.8. The summed E-state index contributed by atoms with van der Waals surface area (Å²) in [7, 11) is 0. The molecule has 3 aromatic carbocycles. The average molecular weight is 566 g/mol. The Labute approximate surface area is 240 Å². The zero-order chi connectivity index (χ0) is 29.0. The topological polar surface area (TPSA) is 136 Å². The number of nitrogens with zero attached hydrogens (tertiary/aromatic N) is 1. The highest BCUT2D eigenvalue weighted by molar-refractivity contribution is 5.77. The molecule has 1 aliphatic heterocycles. The number of benzene rings is 3. The highest BCUT2D eigenvalue weighted by Gasteiger charge is 2.24. The third-order valence-electron chi connectivity index (χ3n) is 6.74. The number of aliphatic hydroxyl groups is 1. The van der Waals surface area contributed by atoms with Gasteiger partial charge in [-0.1, -0.05) is 36.4 Å². The number of aliphatic carboxylic acids is 1. The molecule has 10 nitrogen and oxygen atoms in total. The number of hydroxylamine groups is 1. The van der Waals surface area contributed by atoms with Crippen molar-refractivity contribution < 1.29 is 34.1 Å². The third-order valence-corrected chi connectivity index (χ3v) is 6.74. The lowest BCUT2D eigenvalue weighted by atomic mass is 10.1. The Balaban J connectivity index is 1.23. The van der Waals surface area contributed by atoms with E-state index >= 15 is 0 Å². The molecule has 1 heterocycles. The molecule has 0 saturated heterocycles. The van der Waals surface area contributed by atoms with Crippen LogP contribution in [-0.2, 0) is 20.8 Å². The number of unbranched alkanes of at least 4 members (excludes halogenated alkanes) is 1. The summed E-state index contributed by atoms with van der Waals surface area (Å²) < 4.78 is 17.8. The molecule has 3 aromatic rings. The lowest BCUT2D eigenvalue weighted by Gasteiger charge is -2.32. The Morgan fingerprint density at radius 2 is 1.66 bits per heavy atom. The molecule has 1 aliphatic rings. The fourth-order valence-electron chi connectivity index (χ4n) is 4.59. The van der Waals surface area contributed by atoms with E-state index in [0.717, 1.165) is 34.2 Å². The summed E-state index contributed by atoms with van der Waals surface area (Å²) in [6.07, 6.45) is 0.393. The molecule has 0 aromatic heterocycles. The van der Waals surface area contributed by atoms with Crippen molar-refractivity contribution in [3.05, 3.63) is 78.4 Å². The molecule has 0 aliphatic carbocycles. The predicted molar refractivity (Wildman–Crippen MR) is 156 cm³/mol. The van der Waals surface area contributed by atoms with Gasteiger partial charge < -0.3 is 35.1 Å². The van der Waals surface area contributed by atoms with Gasteiger partial charge in [0.15, 0.2) is 11.5 Å². The van der Waals surface area contributed by atoms with Crippen molar-refractivity contribution in [1.82, 2.24) is 5.48 Å². The summed E-state index contributed by atoms with van der Waals surface area (Å²) in [6, 6.07) is 22.8. The van der Waals surface area contributed by atoms with Gasteiger partial charge in [0.25, 0.3) is 0 Å². The van der Waals surface area contributed by atoms with E-state index in [1.165, 1.54) is 0 Å². The molecular formula is C31H39N3O7. The highest BCUT2D eigenvalue weighted by atomic mass is 16.7. The normalized spacial score (nSPS) is 14.4. The quantitative estimate of drug-likeness (QED) is 0.106. The van der Waals surface area contributed by atoms with Gasteiger partial charge >= 0.3 is 5.97 Å². The number of nitrogens with two attached hydrogens (primary N) is 1. The van der Waals surface area contributed by atoms with Crippen LogP contribution < -0.4 is 25.6 Å². The fourth-order valence-corrected chi connectivity index (χ4v) is 4.59. The van der Waals surface area contributed by atoms with Crippen LogP contribution >= 0.6 is 0 Å². The molecule has 41 heavy (non-hydrogen) atoms. The van der Waals surface area contributed by atoms with Crippen molar-refractivity contribution in [2.24, 2.45) is 5.73 Å². The molecule has 4 rings (SSSR count). The van der Waals surface area contributed by atoms with Gasteiger partial charge in [-0.15, -0.1) is 0 Å². The van der Waals surface area contributed by atoms with Gasteiger partial charge in [0.1, 0.15) is 24.5 Å². The van der Waals surface area contributed by atoms with Gasteiger partial charge in [-0.05, 0) is 68.1 Å². The van der Waals surface area contributed by atoms with Crippen molar-refractivity contribution in [3.8, 4) is 17.2 Å². The van der Waals surface area contributed by atoms with E-state index in [0.29, 0.717) is 52.0 Å². The third kappa shape index (κ3) is 8.66. The largest absolute Gasteiger partial charge is 0.492 e. The summed E-state index contributed by atoms with van der Waals surface area (Å²) in [6.45, 7) is 3.86. The number of fused-ring (bicyclic) bond motifs is 2. The van der Waals surface area contributed by atoms with E-state index in [-0.39, 0.29) is 0 Å².